The van der Waals surface area contributed by atoms with Crippen LogP contribution in [0.1, 0.15) is 65.5 Å². The van der Waals surface area contributed by atoms with Crippen molar-refractivity contribution in [1.29, 1.82) is 0 Å². The van der Waals surface area contributed by atoms with E-state index < -0.39 is 0 Å². The van der Waals surface area contributed by atoms with E-state index in [0.29, 0.717) is 12.8 Å². The molecule has 2 heterocycles. The van der Waals surface area contributed by atoms with E-state index in [0.717, 1.165) is 12.8 Å². The summed E-state index contributed by atoms with van der Waals surface area (Å²) in [5.74, 6) is 0. The van der Waals surface area contributed by atoms with E-state index in [4.69, 9.17) is 0 Å². The third kappa shape index (κ3) is 2.55. The zero-order valence-electron chi connectivity index (χ0n) is 15.7. The van der Waals surface area contributed by atoms with Gasteiger partial charge in [0.15, 0.2) is 0 Å². The molecule has 0 aliphatic rings. The number of fused-ring (bicyclic) bond motifs is 2. The molecule has 0 radical (unpaired) electrons. The Morgan fingerprint density at radius 1 is 0.654 bits per heavy atom. The van der Waals surface area contributed by atoms with Crippen LogP contribution >= 0.6 is 0 Å². The van der Waals surface area contributed by atoms with Crippen molar-refractivity contribution in [3.05, 3.63) is 53.5 Å². The lowest BCUT2D eigenvalue weighted by molar-refractivity contribution is 0.482. The van der Waals surface area contributed by atoms with Crippen LogP contribution in [0.2, 0.25) is 0 Å². The topological polar surface area (TPSA) is 78.1 Å². The van der Waals surface area contributed by atoms with E-state index in [1.165, 1.54) is 21.3 Å². The highest BCUT2D eigenvalue weighted by Gasteiger charge is 2.22. The molecule has 138 valence electrons. The van der Waals surface area contributed by atoms with Gasteiger partial charge in [-0.3, -0.25) is 28.3 Å². The number of hydrogen-bond acceptors (Lipinski definition) is 4. The highest BCUT2D eigenvalue weighted by atomic mass is 16.2. The van der Waals surface area contributed by atoms with Gasteiger partial charge in [-0.2, -0.15) is 0 Å². The zero-order chi connectivity index (χ0) is 19.2. The molecule has 0 aliphatic heterocycles. The summed E-state index contributed by atoms with van der Waals surface area (Å²) in [5, 5.41) is 0.899. The minimum Gasteiger partial charge on any atom is -0.272 e. The number of benzene rings is 1. The highest BCUT2D eigenvalue weighted by Crippen LogP contribution is 2.19. The van der Waals surface area contributed by atoms with Gasteiger partial charge in [-0.15, -0.1) is 0 Å². The molecule has 0 amide bonds. The fourth-order valence-corrected chi connectivity index (χ4v) is 3.91. The summed E-state index contributed by atoms with van der Waals surface area (Å²) in [4.78, 5) is 50.9. The van der Waals surface area contributed by atoms with Crippen LogP contribution in [-0.4, -0.2) is 9.13 Å². The van der Waals surface area contributed by atoms with Gasteiger partial charge in [-0.05, 0) is 38.8 Å². The predicted octanol–water partition coefficient (Wildman–Crippen LogP) is 2.63. The maximum atomic E-state index is 12.7. The van der Waals surface area contributed by atoms with Gasteiger partial charge in [0.05, 0.1) is 21.5 Å². The molecule has 0 spiro atoms. The fourth-order valence-electron chi connectivity index (χ4n) is 3.91. The summed E-state index contributed by atoms with van der Waals surface area (Å²) in [6, 6.07) is 2.44. The molecule has 26 heavy (non-hydrogen) atoms. The van der Waals surface area contributed by atoms with Gasteiger partial charge < -0.3 is 0 Å². The van der Waals surface area contributed by atoms with Gasteiger partial charge in [0.25, 0.3) is 22.2 Å². The lowest BCUT2D eigenvalue weighted by atomic mass is 10.1. The first kappa shape index (κ1) is 18.3. The normalized spacial score (nSPS) is 14.3. The molecule has 0 aliphatic carbocycles. The lowest BCUT2D eigenvalue weighted by Crippen LogP contribution is -2.29. The number of rotatable bonds is 6. The van der Waals surface area contributed by atoms with Crippen LogP contribution in [0, 0.1) is 0 Å². The minimum atomic E-state index is -0.381. The average Bonchev–Trinajstić information content (AvgIpc) is 2.98. The van der Waals surface area contributed by atoms with Crippen LogP contribution in [0.3, 0.4) is 0 Å². The summed E-state index contributed by atoms with van der Waals surface area (Å²) in [5.41, 5.74) is -1.52. The lowest BCUT2D eigenvalue weighted by Gasteiger charge is -2.09. The molecular weight excluding hydrogens is 332 g/mol. The standard InChI is InChI=1S/C20H24N2O4/c1-5-7-11(3)21-17(23)13-9-15-16(10-14(13)18(21)24)20(26)22(19(15)25)12(4)8-6-2/h9-12H,5-8H2,1-4H3/t11-,12-/m1/s1. The van der Waals surface area contributed by atoms with E-state index >= 15 is 0 Å². The molecule has 6 heteroatoms. The Hall–Kier alpha value is -2.50. The fraction of sp³-hybridized carbons (Fsp3) is 0.500. The third-order valence-electron chi connectivity index (χ3n) is 5.25. The Kier molecular flexibility index (Phi) is 4.69. The molecule has 6 nitrogen and oxygen atoms in total. The van der Waals surface area contributed by atoms with Gasteiger partial charge in [0, 0.05) is 12.1 Å². The molecule has 2 aromatic heterocycles. The van der Waals surface area contributed by atoms with E-state index in [-0.39, 0.29) is 55.9 Å². The Balaban J connectivity index is 2.35. The summed E-state index contributed by atoms with van der Waals surface area (Å²) in [7, 11) is 0. The summed E-state index contributed by atoms with van der Waals surface area (Å²) in [6.45, 7) is 7.66. The van der Waals surface area contributed by atoms with Crippen LogP contribution in [0.4, 0.5) is 0 Å². The van der Waals surface area contributed by atoms with Crippen molar-refractivity contribution >= 4 is 21.5 Å². The Morgan fingerprint density at radius 2 is 0.923 bits per heavy atom. The van der Waals surface area contributed by atoms with Gasteiger partial charge in [-0.1, -0.05) is 26.7 Å². The SMILES string of the molecule is CCC[C@@H](C)n1c(=O)c2cc3c(=O)n([C@H](C)CCC)c(=O)c3cc2c1=O. The second-order valence-electron chi connectivity index (χ2n) is 7.18. The Labute approximate surface area is 150 Å². The highest BCUT2D eigenvalue weighted by molar-refractivity contribution is 5.97. The molecular formula is C20H24N2O4. The summed E-state index contributed by atoms with van der Waals surface area (Å²) < 4.78 is 2.49. The van der Waals surface area contributed by atoms with Crippen LogP contribution in [0.25, 0.3) is 21.5 Å². The number of nitrogens with zero attached hydrogens (tertiary/aromatic N) is 2. The second-order valence-corrected chi connectivity index (χ2v) is 7.18. The van der Waals surface area contributed by atoms with Crippen molar-refractivity contribution in [2.45, 2.75) is 65.5 Å². The predicted molar refractivity (Wildman–Crippen MR) is 104 cm³/mol. The molecule has 3 aromatic rings. The van der Waals surface area contributed by atoms with Crippen molar-refractivity contribution in [2.75, 3.05) is 0 Å². The molecule has 0 saturated heterocycles. The molecule has 3 rings (SSSR count). The van der Waals surface area contributed by atoms with E-state index in [1.54, 1.807) is 0 Å². The zero-order valence-corrected chi connectivity index (χ0v) is 15.7. The molecule has 1 aromatic carbocycles. The molecule has 0 unspecified atom stereocenters. The van der Waals surface area contributed by atoms with E-state index in [2.05, 4.69) is 0 Å². The summed E-state index contributed by atoms with van der Waals surface area (Å²) in [6.07, 6.45) is 3.13. The van der Waals surface area contributed by atoms with Crippen LogP contribution in [0.5, 0.6) is 0 Å². The van der Waals surface area contributed by atoms with Crippen LogP contribution in [0.15, 0.2) is 31.3 Å². The first-order valence-electron chi connectivity index (χ1n) is 9.27. The maximum Gasteiger partial charge on any atom is 0.261 e. The van der Waals surface area contributed by atoms with Crippen molar-refractivity contribution in [3.63, 3.8) is 0 Å². The van der Waals surface area contributed by atoms with Crippen molar-refractivity contribution in [3.8, 4) is 0 Å². The third-order valence-corrected chi connectivity index (χ3v) is 5.25. The van der Waals surface area contributed by atoms with Gasteiger partial charge >= 0.3 is 0 Å². The van der Waals surface area contributed by atoms with Crippen molar-refractivity contribution in [1.82, 2.24) is 9.13 Å². The smallest absolute Gasteiger partial charge is 0.261 e. The van der Waals surface area contributed by atoms with Gasteiger partial charge in [-0.25, -0.2) is 0 Å². The molecule has 0 bridgehead atoms. The molecule has 0 fully saturated rings. The average molecular weight is 356 g/mol. The monoisotopic (exact) mass is 356 g/mol. The van der Waals surface area contributed by atoms with Crippen molar-refractivity contribution < 1.29 is 0 Å². The maximum absolute atomic E-state index is 12.7. The molecule has 0 saturated carbocycles. The second kappa shape index (κ2) is 6.67. The number of aromatic nitrogens is 2. The summed E-state index contributed by atoms with van der Waals surface area (Å²) >= 11 is 0. The van der Waals surface area contributed by atoms with E-state index in [1.807, 2.05) is 27.7 Å². The van der Waals surface area contributed by atoms with Crippen LogP contribution in [-0.2, 0) is 0 Å². The first-order chi connectivity index (χ1) is 12.3. The minimum absolute atomic E-state index is 0.213. The Bertz CT molecular complexity index is 1010. The largest absolute Gasteiger partial charge is 0.272 e. The Morgan fingerprint density at radius 3 is 1.15 bits per heavy atom. The quantitative estimate of drug-likeness (QED) is 0.680. The van der Waals surface area contributed by atoms with Gasteiger partial charge in [0.2, 0.25) is 0 Å². The number of hydrogen-bond donors (Lipinski definition) is 0. The van der Waals surface area contributed by atoms with Gasteiger partial charge in [0.1, 0.15) is 0 Å². The molecule has 0 N–H and O–H groups in total. The van der Waals surface area contributed by atoms with Crippen LogP contribution < -0.4 is 22.2 Å². The van der Waals surface area contributed by atoms with Crippen molar-refractivity contribution in [2.24, 2.45) is 0 Å². The molecule has 2 atom stereocenters. The van der Waals surface area contributed by atoms with E-state index in [9.17, 15) is 19.2 Å². The first-order valence-corrected chi connectivity index (χ1v) is 9.27.